The molecule has 0 spiro atoms. The van der Waals surface area contributed by atoms with Gasteiger partial charge in [-0.2, -0.15) is 13.8 Å². The highest BCUT2D eigenvalue weighted by atomic mass is 32.2. The van der Waals surface area contributed by atoms with E-state index in [4.69, 9.17) is 4.18 Å². The number of alkyl halides is 3. The lowest BCUT2D eigenvalue weighted by molar-refractivity contribution is 0.0759. The number of nitrogens with zero attached hydrogens (tertiary/aromatic N) is 5. The van der Waals surface area contributed by atoms with Crippen molar-refractivity contribution in [3.05, 3.63) is 36.2 Å². The predicted molar refractivity (Wildman–Crippen MR) is 107 cm³/mol. The minimum atomic E-state index is -2.80. The molecule has 2 amide bonds. The van der Waals surface area contributed by atoms with E-state index in [0.717, 1.165) is 6.07 Å². The lowest BCUT2D eigenvalue weighted by Crippen LogP contribution is -2.44. The summed E-state index contributed by atoms with van der Waals surface area (Å²) in [7, 11) is 2.95. The molecule has 1 saturated heterocycles. The number of aryl methyl sites for hydroxylation is 1. The van der Waals surface area contributed by atoms with Gasteiger partial charge in [-0.25, -0.2) is 22.9 Å². The number of rotatable bonds is 7. The average Bonchev–Trinajstić information content (AvgIpc) is 3.12. The highest BCUT2D eigenvalue weighted by Gasteiger charge is 2.32. The molecule has 0 bridgehead atoms. The molecule has 0 aliphatic carbocycles. The molecule has 3 rings (SSSR count). The van der Waals surface area contributed by atoms with E-state index in [2.05, 4.69) is 15.4 Å². The van der Waals surface area contributed by atoms with Gasteiger partial charge >= 0.3 is 6.03 Å². The van der Waals surface area contributed by atoms with Crippen LogP contribution in [0.3, 0.4) is 0 Å². The molecule has 0 saturated carbocycles. The van der Waals surface area contributed by atoms with Crippen molar-refractivity contribution < 1.29 is 26.5 Å². The second-order valence-corrected chi connectivity index (χ2v) is 7.94. The first-order valence-corrected chi connectivity index (χ1v) is 10.1. The van der Waals surface area contributed by atoms with Crippen molar-refractivity contribution in [3.63, 3.8) is 0 Å². The number of anilines is 1. The van der Waals surface area contributed by atoms with Gasteiger partial charge in [0.25, 0.3) is 6.43 Å². The number of hydrogen-bond donors (Lipinski definition) is 1. The van der Waals surface area contributed by atoms with Crippen LogP contribution in [0.25, 0.3) is 0 Å². The van der Waals surface area contributed by atoms with Gasteiger partial charge in [0.1, 0.15) is 12.2 Å². The quantitative estimate of drug-likeness (QED) is 0.220. The van der Waals surface area contributed by atoms with Crippen LogP contribution in [-0.2, 0) is 7.05 Å². The van der Waals surface area contributed by atoms with Crippen molar-refractivity contribution in [1.82, 2.24) is 24.0 Å². The van der Waals surface area contributed by atoms with Crippen molar-refractivity contribution in [1.29, 1.82) is 0 Å². The monoisotopic (exact) mass is 462 g/mol. The number of urea groups is 1. The van der Waals surface area contributed by atoms with Gasteiger partial charge in [0.2, 0.25) is 5.95 Å². The van der Waals surface area contributed by atoms with E-state index in [1.54, 1.807) is 0 Å². The van der Waals surface area contributed by atoms with Gasteiger partial charge in [-0.3, -0.25) is 4.68 Å². The van der Waals surface area contributed by atoms with Crippen molar-refractivity contribution in [3.8, 4) is 5.75 Å². The van der Waals surface area contributed by atoms with Crippen LogP contribution in [0.15, 0.2) is 24.5 Å². The Morgan fingerprint density at radius 2 is 2.06 bits per heavy atom. The van der Waals surface area contributed by atoms with E-state index in [1.807, 2.05) is 0 Å². The second-order valence-electron chi connectivity index (χ2n) is 7.05. The van der Waals surface area contributed by atoms with E-state index in [1.165, 1.54) is 46.4 Å². The fourth-order valence-corrected chi connectivity index (χ4v) is 3.78. The molecule has 1 N–H and O–H groups in total. The number of piperidine rings is 1. The van der Waals surface area contributed by atoms with Gasteiger partial charge in [0, 0.05) is 51.1 Å². The molecular weight excluding hydrogens is 440 g/mol. The van der Waals surface area contributed by atoms with Gasteiger partial charge in [-0.05, 0) is 18.9 Å². The number of likely N-dealkylation sites (tertiary alicyclic amines) is 1. The summed E-state index contributed by atoms with van der Waals surface area (Å²) in [6.07, 6.45) is -0.866. The Bertz CT molecular complexity index is 894. The number of pyridine rings is 1. The average molecular weight is 462 g/mol. The fourth-order valence-electron chi connectivity index (χ4n) is 3.20. The SMILES string of the molecule is CN(SOc1cn(C)nc1C(F)F)[C@@H](F)C1CCN(C(=O)Nc2ccnc(F)c2)CC1. The number of carbonyl (C=O) groups excluding carboxylic acids is 1. The molecule has 2 aromatic heterocycles. The Hall–Kier alpha value is -2.54. The van der Waals surface area contributed by atoms with Crippen LogP contribution in [-0.4, -0.2) is 56.4 Å². The summed E-state index contributed by atoms with van der Waals surface area (Å²) in [5.41, 5.74) is -0.220. The second kappa shape index (κ2) is 10.2. The van der Waals surface area contributed by atoms with Crippen molar-refractivity contribution in [2.75, 3.05) is 25.5 Å². The largest absolute Gasteiger partial charge is 0.405 e. The van der Waals surface area contributed by atoms with Gasteiger partial charge in [0.05, 0.1) is 6.20 Å². The number of aromatic nitrogens is 3. The zero-order valence-electron chi connectivity index (χ0n) is 16.8. The maximum absolute atomic E-state index is 14.9. The summed E-state index contributed by atoms with van der Waals surface area (Å²) in [5.74, 6) is -1.20. The molecule has 31 heavy (non-hydrogen) atoms. The highest BCUT2D eigenvalue weighted by molar-refractivity contribution is 7.92. The molecule has 13 heteroatoms. The zero-order valence-corrected chi connectivity index (χ0v) is 17.7. The molecule has 3 heterocycles. The van der Waals surface area contributed by atoms with Gasteiger partial charge in [-0.15, -0.1) is 0 Å². The molecule has 2 aromatic rings. The topological polar surface area (TPSA) is 75.5 Å². The Morgan fingerprint density at radius 1 is 1.35 bits per heavy atom. The lowest BCUT2D eigenvalue weighted by Gasteiger charge is -2.35. The van der Waals surface area contributed by atoms with Crippen molar-refractivity contribution in [2.24, 2.45) is 13.0 Å². The first kappa shape index (κ1) is 23.1. The zero-order chi connectivity index (χ0) is 22.5. The third kappa shape index (κ3) is 6.00. The minimum Gasteiger partial charge on any atom is -0.405 e. The third-order valence-electron chi connectivity index (χ3n) is 4.81. The summed E-state index contributed by atoms with van der Waals surface area (Å²) in [6, 6.07) is 2.18. The third-order valence-corrected chi connectivity index (χ3v) is 5.50. The Labute approximate surface area is 180 Å². The fraction of sp³-hybridized carbons (Fsp3) is 0.500. The number of halogens is 4. The van der Waals surface area contributed by atoms with Crippen LogP contribution < -0.4 is 9.50 Å². The summed E-state index contributed by atoms with van der Waals surface area (Å²) < 4.78 is 61.6. The lowest BCUT2D eigenvalue weighted by atomic mass is 9.96. The molecule has 1 aliphatic heterocycles. The molecule has 8 nitrogen and oxygen atoms in total. The maximum Gasteiger partial charge on any atom is 0.321 e. The van der Waals surface area contributed by atoms with Crippen LogP contribution in [0.5, 0.6) is 5.75 Å². The molecule has 1 aliphatic rings. The van der Waals surface area contributed by atoms with Gasteiger partial charge in [-0.1, -0.05) is 0 Å². The standard InChI is InChI=1S/C18H22F4N6O2S/c1-26-10-13(15(25-26)16(20)21)30-31-27(2)17(22)11-4-7-28(8-5-11)18(29)24-12-3-6-23-14(19)9-12/h3,6,9-11,16-17H,4-5,7-8H2,1-2H3,(H,23,24,29)/t17-/m1/s1. The molecule has 0 unspecified atom stereocenters. The molecule has 170 valence electrons. The highest BCUT2D eigenvalue weighted by Crippen LogP contribution is 2.33. The number of hydrogen-bond acceptors (Lipinski definition) is 6. The smallest absolute Gasteiger partial charge is 0.321 e. The molecule has 1 atom stereocenters. The van der Waals surface area contributed by atoms with E-state index in [-0.39, 0.29) is 17.4 Å². The van der Waals surface area contributed by atoms with Crippen molar-refractivity contribution >= 4 is 23.9 Å². The van der Waals surface area contributed by atoms with Crippen LogP contribution >= 0.6 is 12.2 Å². The summed E-state index contributed by atoms with van der Waals surface area (Å²) in [6.45, 7) is 0.643. The van der Waals surface area contributed by atoms with Crippen LogP contribution in [0, 0.1) is 11.9 Å². The Morgan fingerprint density at radius 3 is 2.71 bits per heavy atom. The van der Waals surface area contributed by atoms with Crippen LogP contribution in [0.2, 0.25) is 0 Å². The first-order chi connectivity index (χ1) is 14.7. The Balaban J connectivity index is 1.47. The van der Waals surface area contributed by atoms with E-state index >= 15 is 0 Å². The molecule has 0 aromatic carbocycles. The molecular formula is C18H22F4N6O2S. The Kier molecular flexibility index (Phi) is 7.59. The van der Waals surface area contributed by atoms with Gasteiger partial charge in [0.15, 0.2) is 17.7 Å². The molecule has 1 fully saturated rings. The number of carbonyl (C=O) groups is 1. The summed E-state index contributed by atoms with van der Waals surface area (Å²) in [5, 5.41) is 6.21. The minimum absolute atomic E-state index is 0.124. The summed E-state index contributed by atoms with van der Waals surface area (Å²) in [4.78, 5) is 17.3. The predicted octanol–water partition coefficient (Wildman–Crippen LogP) is 4.01. The normalized spacial score (nSPS) is 16.1. The van der Waals surface area contributed by atoms with E-state index in [9.17, 15) is 22.4 Å². The summed E-state index contributed by atoms with van der Waals surface area (Å²) >= 11 is 0.624. The maximum atomic E-state index is 14.9. The van der Waals surface area contributed by atoms with E-state index < -0.39 is 30.4 Å². The van der Waals surface area contributed by atoms with Crippen molar-refractivity contribution in [2.45, 2.75) is 25.6 Å². The first-order valence-electron chi connectivity index (χ1n) is 9.45. The van der Waals surface area contributed by atoms with E-state index in [0.29, 0.717) is 38.2 Å². The van der Waals surface area contributed by atoms with Gasteiger partial charge < -0.3 is 14.4 Å². The van der Waals surface area contributed by atoms with Crippen LogP contribution in [0.1, 0.15) is 25.0 Å². The number of nitrogens with one attached hydrogen (secondary N) is 1. The molecule has 0 radical (unpaired) electrons. The number of amides is 2. The van der Waals surface area contributed by atoms with Crippen LogP contribution in [0.4, 0.5) is 28.0 Å².